The van der Waals surface area contributed by atoms with Crippen LogP contribution in [0.4, 0.5) is 0 Å². The highest BCUT2D eigenvalue weighted by Crippen LogP contribution is 2.11. The number of carbonyl (C=O) groups excluding carboxylic acids is 1. The van der Waals surface area contributed by atoms with Crippen LogP contribution < -0.4 is 5.32 Å². The SMILES string of the molecule is CC(O)CCCNC(=O)[C@H]1CCCO1. The Bertz CT molecular complexity index is 176. The average Bonchev–Trinajstić information content (AvgIpc) is 2.64. The fourth-order valence-corrected chi connectivity index (χ4v) is 1.51. The van der Waals surface area contributed by atoms with Crippen LogP contribution in [0.5, 0.6) is 0 Å². The van der Waals surface area contributed by atoms with Gasteiger partial charge in [-0.3, -0.25) is 4.79 Å². The van der Waals surface area contributed by atoms with E-state index in [0.717, 1.165) is 25.7 Å². The van der Waals surface area contributed by atoms with Crippen molar-refractivity contribution in [3.8, 4) is 0 Å². The van der Waals surface area contributed by atoms with Crippen LogP contribution in [0.2, 0.25) is 0 Å². The van der Waals surface area contributed by atoms with Crippen molar-refractivity contribution >= 4 is 5.91 Å². The lowest BCUT2D eigenvalue weighted by Gasteiger charge is -2.10. The van der Waals surface area contributed by atoms with E-state index in [0.29, 0.717) is 13.2 Å². The van der Waals surface area contributed by atoms with Gasteiger partial charge in [-0.1, -0.05) is 0 Å². The smallest absolute Gasteiger partial charge is 0.249 e. The van der Waals surface area contributed by atoms with E-state index in [1.165, 1.54) is 0 Å². The minimum atomic E-state index is -0.283. The summed E-state index contributed by atoms with van der Waals surface area (Å²) >= 11 is 0. The van der Waals surface area contributed by atoms with Crippen molar-refractivity contribution in [3.63, 3.8) is 0 Å². The molecule has 0 spiro atoms. The number of nitrogens with one attached hydrogen (secondary N) is 1. The van der Waals surface area contributed by atoms with Crippen molar-refractivity contribution in [1.29, 1.82) is 0 Å². The molecular formula is C10H19NO3. The van der Waals surface area contributed by atoms with Crippen LogP contribution in [0.15, 0.2) is 0 Å². The molecule has 1 heterocycles. The van der Waals surface area contributed by atoms with Gasteiger partial charge in [-0.2, -0.15) is 0 Å². The summed E-state index contributed by atoms with van der Waals surface area (Å²) < 4.78 is 5.23. The first-order valence-electron chi connectivity index (χ1n) is 5.27. The first-order chi connectivity index (χ1) is 6.70. The van der Waals surface area contributed by atoms with Gasteiger partial charge in [0.05, 0.1) is 6.10 Å². The molecule has 2 N–H and O–H groups in total. The van der Waals surface area contributed by atoms with Crippen LogP contribution >= 0.6 is 0 Å². The molecular weight excluding hydrogens is 182 g/mol. The zero-order valence-corrected chi connectivity index (χ0v) is 8.66. The number of carbonyl (C=O) groups is 1. The van der Waals surface area contributed by atoms with E-state index >= 15 is 0 Å². The third-order valence-electron chi connectivity index (χ3n) is 2.32. The van der Waals surface area contributed by atoms with Gasteiger partial charge in [-0.05, 0) is 32.6 Å². The van der Waals surface area contributed by atoms with Crippen LogP contribution in [0.1, 0.15) is 32.6 Å². The third kappa shape index (κ3) is 4.07. The molecule has 0 saturated carbocycles. The van der Waals surface area contributed by atoms with E-state index in [4.69, 9.17) is 9.84 Å². The fourth-order valence-electron chi connectivity index (χ4n) is 1.51. The van der Waals surface area contributed by atoms with Gasteiger partial charge < -0.3 is 15.2 Å². The van der Waals surface area contributed by atoms with E-state index in [1.54, 1.807) is 6.92 Å². The van der Waals surface area contributed by atoms with Crippen LogP contribution in [-0.2, 0) is 9.53 Å². The predicted molar refractivity (Wildman–Crippen MR) is 52.9 cm³/mol. The maximum absolute atomic E-state index is 11.4. The van der Waals surface area contributed by atoms with Gasteiger partial charge in [0.1, 0.15) is 6.10 Å². The number of hydrogen-bond acceptors (Lipinski definition) is 3. The predicted octanol–water partition coefficient (Wildman–Crippen LogP) is 0.443. The molecule has 1 saturated heterocycles. The average molecular weight is 201 g/mol. The summed E-state index contributed by atoms with van der Waals surface area (Å²) in [5.41, 5.74) is 0. The van der Waals surface area contributed by atoms with Crippen LogP contribution in [0.25, 0.3) is 0 Å². The molecule has 2 atom stereocenters. The highest BCUT2D eigenvalue weighted by Gasteiger charge is 2.22. The molecule has 4 heteroatoms. The van der Waals surface area contributed by atoms with Gasteiger partial charge in [0.25, 0.3) is 0 Å². The summed E-state index contributed by atoms with van der Waals surface area (Å²) in [7, 11) is 0. The molecule has 82 valence electrons. The van der Waals surface area contributed by atoms with Gasteiger partial charge >= 0.3 is 0 Å². The molecule has 1 aliphatic heterocycles. The van der Waals surface area contributed by atoms with Gasteiger partial charge in [-0.15, -0.1) is 0 Å². The van der Waals surface area contributed by atoms with E-state index in [-0.39, 0.29) is 18.1 Å². The normalized spacial score (nSPS) is 23.4. The van der Waals surface area contributed by atoms with Crippen molar-refractivity contribution in [3.05, 3.63) is 0 Å². The maximum Gasteiger partial charge on any atom is 0.249 e. The topological polar surface area (TPSA) is 58.6 Å². The summed E-state index contributed by atoms with van der Waals surface area (Å²) in [5.74, 6) is -0.00640. The highest BCUT2D eigenvalue weighted by atomic mass is 16.5. The second-order valence-corrected chi connectivity index (χ2v) is 3.78. The van der Waals surface area contributed by atoms with Crippen molar-refractivity contribution < 1.29 is 14.6 Å². The van der Waals surface area contributed by atoms with E-state index in [1.807, 2.05) is 0 Å². The fraction of sp³-hybridized carbons (Fsp3) is 0.900. The summed E-state index contributed by atoms with van der Waals surface area (Å²) in [4.78, 5) is 11.4. The first kappa shape index (κ1) is 11.5. The van der Waals surface area contributed by atoms with Gasteiger partial charge in [0, 0.05) is 13.2 Å². The molecule has 1 unspecified atom stereocenters. The molecule has 0 bridgehead atoms. The molecule has 0 aliphatic carbocycles. The molecule has 4 nitrogen and oxygen atoms in total. The summed E-state index contributed by atoms with van der Waals surface area (Å²) in [6.45, 7) is 3.08. The van der Waals surface area contributed by atoms with E-state index in [2.05, 4.69) is 5.32 Å². The molecule has 1 fully saturated rings. The molecule has 0 aromatic rings. The van der Waals surface area contributed by atoms with E-state index in [9.17, 15) is 4.79 Å². The van der Waals surface area contributed by atoms with Crippen LogP contribution in [0.3, 0.4) is 0 Å². The Morgan fingerprint density at radius 2 is 2.50 bits per heavy atom. The van der Waals surface area contributed by atoms with Crippen molar-refractivity contribution in [2.45, 2.75) is 44.8 Å². The minimum absolute atomic E-state index is 0.00640. The lowest BCUT2D eigenvalue weighted by atomic mass is 10.2. The second-order valence-electron chi connectivity index (χ2n) is 3.78. The molecule has 0 aromatic heterocycles. The Labute approximate surface area is 84.6 Å². The number of aliphatic hydroxyl groups excluding tert-OH is 1. The number of rotatable bonds is 5. The zero-order valence-electron chi connectivity index (χ0n) is 8.66. The highest BCUT2D eigenvalue weighted by molar-refractivity contribution is 5.80. The lowest BCUT2D eigenvalue weighted by Crippen LogP contribution is -2.34. The summed E-state index contributed by atoms with van der Waals surface area (Å²) in [6.07, 6.45) is 2.84. The van der Waals surface area contributed by atoms with Gasteiger partial charge in [0.2, 0.25) is 5.91 Å². The first-order valence-corrected chi connectivity index (χ1v) is 5.27. The molecule has 1 aliphatic rings. The lowest BCUT2D eigenvalue weighted by molar-refractivity contribution is -0.130. The minimum Gasteiger partial charge on any atom is -0.393 e. The largest absolute Gasteiger partial charge is 0.393 e. The molecule has 1 amide bonds. The Balaban J connectivity index is 2.03. The standard InChI is InChI=1S/C10H19NO3/c1-8(12)4-2-6-11-10(13)9-5-3-7-14-9/h8-9,12H,2-7H2,1H3,(H,11,13)/t8?,9-/m1/s1. The number of ether oxygens (including phenoxy) is 1. The van der Waals surface area contributed by atoms with E-state index < -0.39 is 0 Å². The quantitative estimate of drug-likeness (QED) is 0.635. The van der Waals surface area contributed by atoms with Gasteiger partial charge in [-0.25, -0.2) is 0 Å². The van der Waals surface area contributed by atoms with Crippen LogP contribution in [0, 0.1) is 0 Å². The summed E-state index contributed by atoms with van der Waals surface area (Å²) in [5, 5.41) is 11.8. The molecule has 14 heavy (non-hydrogen) atoms. The van der Waals surface area contributed by atoms with Crippen molar-refractivity contribution in [1.82, 2.24) is 5.32 Å². The number of hydrogen-bond donors (Lipinski definition) is 2. The van der Waals surface area contributed by atoms with Crippen molar-refractivity contribution in [2.24, 2.45) is 0 Å². The Hall–Kier alpha value is -0.610. The molecule has 0 radical (unpaired) electrons. The Morgan fingerprint density at radius 3 is 3.07 bits per heavy atom. The number of amides is 1. The Morgan fingerprint density at radius 1 is 1.71 bits per heavy atom. The zero-order chi connectivity index (χ0) is 10.4. The monoisotopic (exact) mass is 201 g/mol. The third-order valence-corrected chi connectivity index (χ3v) is 2.32. The Kier molecular flexibility index (Phi) is 4.90. The number of aliphatic hydroxyl groups is 1. The second kappa shape index (κ2) is 5.98. The van der Waals surface area contributed by atoms with Crippen molar-refractivity contribution in [2.75, 3.05) is 13.2 Å². The maximum atomic E-state index is 11.4. The van der Waals surface area contributed by atoms with Crippen LogP contribution in [-0.4, -0.2) is 36.4 Å². The molecule has 1 rings (SSSR count). The molecule has 0 aromatic carbocycles. The van der Waals surface area contributed by atoms with Gasteiger partial charge in [0.15, 0.2) is 0 Å². The summed E-state index contributed by atoms with van der Waals surface area (Å²) in [6, 6.07) is 0.